The number of benzene rings is 2. The molecule has 0 spiro atoms. The van der Waals surface area contributed by atoms with Crippen LogP contribution in [0.4, 0.5) is 4.79 Å². The van der Waals surface area contributed by atoms with Gasteiger partial charge in [-0.25, -0.2) is 19.3 Å². The highest BCUT2D eigenvalue weighted by Gasteiger charge is 2.23. The molecule has 3 aromatic rings. The molecule has 0 aliphatic heterocycles. The number of nitrogens with one attached hydrogen (secondary N) is 2. The van der Waals surface area contributed by atoms with Crippen molar-refractivity contribution in [3.8, 4) is 23.1 Å². The molecule has 0 aliphatic carbocycles. The maximum atomic E-state index is 13.0. The molecule has 0 fully saturated rings. The Labute approximate surface area is 230 Å². The van der Waals surface area contributed by atoms with Gasteiger partial charge in [0.25, 0.3) is 5.91 Å². The van der Waals surface area contributed by atoms with E-state index in [1.165, 1.54) is 26.4 Å². The molecular weight excluding hydrogens is 547 g/mol. The van der Waals surface area contributed by atoms with Crippen LogP contribution in [-0.4, -0.2) is 64.7 Å². The summed E-state index contributed by atoms with van der Waals surface area (Å²) in [5.41, 5.74) is 0.533. The zero-order valence-corrected chi connectivity index (χ0v) is 23.5. The van der Waals surface area contributed by atoms with E-state index in [-0.39, 0.29) is 48.5 Å². The highest BCUT2D eigenvalue weighted by Crippen LogP contribution is 2.42. The molecule has 3 rings (SSSR count). The van der Waals surface area contributed by atoms with Crippen LogP contribution in [0.2, 0.25) is 0 Å². The quantitative estimate of drug-likeness (QED) is 0.193. The summed E-state index contributed by atoms with van der Waals surface area (Å²) in [5.74, 6) is -0.567. The molecule has 0 bridgehead atoms. The van der Waals surface area contributed by atoms with Gasteiger partial charge in [-0.05, 0) is 32.9 Å². The fourth-order valence-corrected chi connectivity index (χ4v) is 3.78. The summed E-state index contributed by atoms with van der Waals surface area (Å²) in [5, 5.41) is 5.21. The van der Waals surface area contributed by atoms with E-state index >= 15 is 0 Å². The third-order valence-corrected chi connectivity index (χ3v) is 5.44. The van der Waals surface area contributed by atoms with E-state index in [9.17, 15) is 14.2 Å². The van der Waals surface area contributed by atoms with Crippen molar-refractivity contribution in [2.75, 3.05) is 27.3 Å². The number of alkyl carbamates (subject to hydrolysis) is 1. The first-order chi connectivity index (χ1) is 18.8. The number of nitrogens with zero attached hydrogens (tertiary/aromatic N) is 2. The first-order valence-corrected chi connectivity index (χ1v) is 13.5. The summed E-state index contributed by atoms with van der Waals surface area (Å²) in [6, 6.07) is 9.43. The summed E-state index contributed by atoms with van der Waals surface area (Å²) < 4.78 is 37.7. The number of aromatic nitrogens is 2. The molecule has 0 saturated heterocycles. The van der Waals surface area contributed by atoms with Crippen molar-refractivity contribution in [1.82, 2.24) is 20.6 Å². The molecule has 0 saturated carbocycles. The Balaban J connectivity index is 1.82. The SMILES string of the molecule is COc1cc(OP(=O)(O)O)cc(OC)c1COc1nc2ccccc2nc1C(=O)NCCNC(=O)OC(C)(C)C. The van der Waals surface area contributed by atoms with Crippen LogP contribution in [0.25, 0.3) is 11.0 Å². The minimum absolute atomic E-state index is 0.0781. The van der Waals surface area contributed by atoms with Gasteiger partial charge in [-0.3, -0.25) is 14.6 Å². The van der Waals surface area contributed by atoms with E-state index in [4.69, 9.17) is 28.7 Å². The van der Waals surface area contributed by atoms with Gasteiger partial charge in [-0.1, -0.05) is 12.1 Å². The summed E-state index contributed by atoms with van der Waals surface area (Å²) in [7, 11) is -2.14. The Hall–Kier alpha value is -4.13. The smallest absolute Gasteiger partial charge is 0.496 e. The van der Waals surface area contributed by atoms with E-state index in [1.54, 1.807) is 45.0 Å². The lowest BCUT2D eigenvalue weighted by molar-refractivity contribution is 0.0526. The molecule has 0 atom stereocenters. The molecule has 2 amide bonds. The number of carbonyl (C=O) groups is 2. The maximum absolute atomic E-state index is 13.0. The van der Waals surface area contributed by atoms with E-state index < -0.39 is 25.4 Å². The first kappa shape index (κ1) is 30.4. The standard InChI is InChI=1S/C25H31N4O10P/c1-25(2,3)38-24(31)27-11-10-26-22(30)21-23(29-18-9-7-6-8-17(18)28-21)37-14-16-19(35-4)12-15(13-20(16)36-5)39-40(32,33)34/h6-9,12-13H,10-11,14H2,1-5H3,(H,26,30)(H,27,31)(H2,32,33,34). The lowest BCUT2D eigenvalue weighted by Crippen LogP contribution is -2.38. The molecule has 0 unspecified atom stereocenters. The van der Waals surface area contributed by atoms with Crippen LogP contribution in [0.5, 0.6) is 23.1 Å². The monoisotopic (exact) mass is 578 g/mol. The Morgan fingerprint density at radius 3 is 2.08 bits per heavy atom. The van der Waals surface area contributed by atoms with Crippen LogP contribution < -0.4 is 29.4 Å². The lowest BCUT2D eigenvalue weighted by Gasteiger charge is -2.19. The Morgan fingerprint density at radius 2 is 1.52 bits per heavy atom. The largest absolute Gasteiger partial charge is 0.524 e. The molecule has 216 valence electrons. The van der Waals surface area contributed by atoms with Gasteiger partial charge in [0.2, 0.25) is 5.88 Å². The van der Waals surface area contributed by atoms with E-state index in [0.717, 1.165) is 0 Å². The van der Waals surface area contributed by atoms with Crippen LogP contribution in [0.15, 0.2) is 36.4 Å². The van der Waals surface area contributed by atoms with Gasteiger partial charge in [-0.15, -0.1) is 0 Å². The second-order valence-electron chi connectivity index (χ2n) is 9.23. The second-order valence-corrected chi connectivity index (χ2v) is 10.4. The Kier molecular flexibility index (Phi) is 9.74. The van der Waals surface area contributed by atoms with Crippen molar-refractivity contribution >= 4 is 30.9 Å². The van der Waals surface area contributed by atoms with Gasteiger partial charge >= 0.3 is 13.9 Å². The Bertz CT molecular complexity index is 1400. The molecule has 0 aliphatic rings. The number of rotatable bonds is 11. The molecule has 14 nitrogen and oxygen atoms in total. The molecule has 1 heterocycles. The van der Waals surface area contributed by atoms with Crippen molar-refractivity contribution < 1.29 is 47.4 Å². The van der Waals surface area contributed by atoms with Crippen molar-refractivity contribution in [2.45, 2.75) is 33.0 Å². The van der Waals surface area contributed by atoms with Crippen LogP contribution >= 0.6 is 7.82 Å². The second kappa shape index (κ2) is 12.8. The summed E-state index contributed by atoms with van der Waals surface area (Å²) in [4.78, 5) is 52.0. The van der Waals surface area contributed by atoms with Crippen LogP contribution in [0.1, 0.15) is 36.8 Å². The average molecular weight is 579 g/mol. The van der Waals surface area contributed by atoms with Gasteiger partial charge in [0.05, 0.1) is 30.8 Å². The summed E-state index contributed by atoms with van der Waals surface area (Å²) in [6.07, 6.45) is -0.614. The van der Waals surface area contributed by atoms with Crippen LogP contribution in [-0.2, 0) is 15.9 Å². The fraction of sp³-hybridized carbons (Fsp3) is 0.360. The van der Waals surface area contributed by atoms with E-state index in [2.05, 4.69) is 25.1 Å². The highest BCUT2D eigenvalue weighted by molar-refractivity contribution is 7.46. The topological polar surface area (TPSA) is 188 Å². The molecular formula is C25H31N4O10P. The minimum atomic E-state index is -4.83. The van der Waals surface area contributed by atoms with Crippen molar-refractivity contribution in [2.24, 2.45) is 0 Å². The molecule has 40 heavy (non-hydrogen) atoms. The zero-order chi connectivity index (χ0) is 29.5. The predicted octanol–water partition coefficient (Wildman–Crippen LogP) is 2.95. The average Bonchev–Trinajstić information content (AvgIpc) is 2.87. The van der Waals surface area contributed by atoms with E-state index in [1.807, 2.05) is 0 Å². The van der Waals surface area contributed by atoms with Gasteiger partial charge in [0, 0.05) is 25.2 Å². The van der Waals surface area contributed by atoms with Crippen LogP contribution in [0.3, 0.4) is 0 Å². The number of fused-ring (bicyclic) bond motifs is 1. The minimum Gasteiger partial charge on any atom is -0.496 e. The Morgan fingerprint density at radius 1 is 0.950 bits per heavy atom. The van der Waals surface area contributed by atoms with Crippen molar-refractivity contribution in [3.63, 3.8) is 0 Å². The van der Waals surface area contributed by atoms with E-state index in [0.29, 0.717) is 16.6 Å². The predicted molar refractivity (Wildman–Crippen MR) is 143 cm³/mol. The normalized spacial score (nSPS) is 11.5. The number of methoxy groups -OCH3 is 2. The number of para-hydroxylation sites is 2. The summed E-state index contributed by atoms with van der Waals surface area (Å²) in [6.45, 7) is 5.19. The molecule has 4 N–H and O–H groups in total. The maximum Gasteiger partial charge on any atom is 0.524 e. The highest BCUT2D eigenvalue weighted by atomic mass is 31.2. The number of hydrogen-bond donors (Lipinski definition) is 4. The fourth-order valence-electron chi connectivity index (χ4n) is 3.40. The third kappa shape index (κ3) is 8.70. The van der Waals surface area contributed by atoms with Crippen molar-refractivity contribution in [3.05, 3.63) is 47.7 Å². The van der Waals surface area contributed by atoms with Gasteiger partial charge in [0.1, 0.15) is 29.5 Å². The zero-order valence-electron chi connectivity index (χ0n) is 22.6. The molecule has 2 aromatic carbocycles. The van der Waals surface area contributed by atoms with Gasteiger partial charge in [-0.2, -0.15) is 0 Å². The van der Waals surface area contributed by atoms with Gasteiger partial charge < -0.3 is 34.1 Å². The molecule has 0 radical (unpaired) electrons. The van der Waals surface area contributed by atoms with Crippen LogP contribution in [0, 0.1) is 0 Å². The number of amides is 2. The third-order valence-electron chi connectivity index (χ3n) is 4.99. The van der Waals surface area contributed by atoms with Gasteiger partial charge in [0.15, 0.2) is 5.69 Å². The number of phosphoric ester groups is 1. The van der Waals surface area contributed by atoms with Crippen molar-refractivity contribution in [1.29, 1.82) is 0 Å². The first-order valence-electron chi connectivity index (χ1n) is 11.9. The number of phosphoric acid groups is 1. The number of carbonyl (C=O) groups excluding carboxylic acids is 2. The number of ether oxygens (including phenoxy) is 4. The summed E-state index contributed by atoms with van der Waals surface area (Å²) >= 11 is 0. The lowest BCUT2D eigenvalue weighted by atomic mass is 10.1. The molecule has 1 aromatic heterocycles. The number of hydrogen-bond acceptors (Lipinski definition) is 10. The molecule has 15 heteroatoms.